The van der Waals surface area contributed by atoms with Crippen LogP contribution in [0.4, 0.5) is 11.8 Å². The third kappa shape index (κ3) is 3.49. The second-order valence-corrected chi connectivity index (χ2v) is 5.13. The minimum atomic E-state index is -0.0153. The third-order valence-electron chi connectivity index (χ3n) is 2.66. The minimum absolute atomic E-state index is 0.0153. The van der Waals surface area contributed by atoms with Crippen LogP contribution in [0.25, 0.3) is 0 Å². The maximum atomic E-state index is 6.17. The topological polar surface area (TPSA) is 63.8 Å². The van der Waals surface area contributed by atoms with Gasteiger partial charge in [-0.15, -0.1) is 0 Å². The summed E-state index contributed by atoms with van der Waals surface area (Å²) in [6.07, 6.45) is 0. The predicted molar refractivity (Wildman–Crippen MR) is 79.7 cm³/mol. The largest absolute Gasteiger partial charge is 0.368 e. The molecule has 1 unspecified atom stereocenters. The number of halogens is 2. The van der Waals surface area contributed by atoms with Gasteiger partial charge in [0.25, 0.3) is 0 Å². The highest BCUT2D eigenvalue weighted by atomic mass is 35.5. The van der Waals surface area contributed by atoms with E-state index in [4.69, 9.17) is 28.9 Å². The number of hydrogen-bond acceptors (Lipinski definition) is 4. The zero-order valence-electron chi connectivity index (χ0n) is 10.6. The first-order valence-electron chi connectivity index (χ1n) is 5.78. The van der Waals surface area contributed by atoms with E-state index in [2.05, 4.69) is 15.3 Å². The molecule has 1 heterocycles. The van der Waals surface area contributed by atoms with E-state index in [1.807, 2.05) is 26.0 Å². The van der Waals surface area contributed by atoms with Gasteiger partial charge in [-0.2, -0.15) is 4.98 Å². The molecule has 0 bridgehead atoms. The molecule has 0 radical (unpaired) electrons. The molecule has 100 valence electrons. The van der Waals surface area contributed by atoms with Gasteiger partial charge in [0.2, 0.25) is 5.95 Å². The highest BCUT2D eigenvalue weighted by Gasteiger charge is 2.11. The lowest BCUT2D eigenvalue weighted by molar-refractivity contribution is 0.872. The number of rotatable bonds is 3. The number of benzene rings is 1. The van der Waals surface area contributed by atoms with Crippen molar-refractivity contribution in [3.63, 3.8) is 0 Å². The Hall–Kier alpha value is -1.52. The summed E-state index contributed by atoms with van der Waals surface area (Å²) in [7, 11) is 0. The van der Waals surface area contributed by atoms with Crippen LogP contribution >= 0.6 is 23.2 Å². The normalized spacial score (nSPS) is 12.2. The lowest BCUT2D eigenvalue weighted by atomic mass is 10.1. The molecule has 0 spiro atoms. The maximum absolute atomic E-state index is 6.17. The molecule has 3 N–H and O–H groups in total. The number of nitrogen functional groups attached to an aromatic ring is 1. The molecular formula is C13H14Cl2N4. The van der Waals surface area contributed by atoms with Crippen LogP contribution < -0.4 is 11.1 Å². The number of nitrogens with one attached hydrogen (secondary N) is 1. The Morgan fingerprint density at radius 2 is 1.95 bits per heavy atom. The summed E-state index contributed by atoms with van der Waals surface area (Å²) in [5.74, 6) is 0.917. The van der Waals surface area contributed by atoms with Gasteiger partial charge in [0.1, 0.15) is 5.82 Å². The fraction of sp³-hybridized carbons (Fsp3) is 0.231. The van der Waals surface area contributed by atoms with Crippen molar-refractivity contribution in [1.29, 1.82) is 0 Å². The van der Waals surface area contributed by atoms with Gasteiger partial charge in [-0.05, 0) is 31.5 Å². The van der Waals surface area contributed by atoms with Gasteiger partial charge in [-0.3, -0.25) is 0 Å². The first-order valence-corrected chi connectivity index (χ1v) is 6.54. The van der Waals surface area contributed by atoms with Crippen LogP contribution in [-0.4, -0.2) is 9.97 Å². The molecule has 1 aromatic heterocycles. The highest BCUT2D eigenvalue weighted by Crippen LogP contribution is 2.28. The third-order valence-corrected chi connectivity index (χ3v) is 3.23. The second-order valence-electron chi connectivity index (χ2n) is 4.28. The molecule has 6 heteroatoms. The maximum Gasteiger partial charge on any atom is 0.222 e. The molecule has 19 heavy (non-hydrogen) atoms. The first kappa shape index (κ1) is 13.9. The average Bonchev–Trinajstić information content (AvgIpc) is 2.26. The number of aromatic nitrogens is 2. The molecule has 0 aliphatic heterocycles. The lowest BCUT2D eigenvalue weighted by Crippen LogP contribution is -2.10. The van der Waals surface area contributed by atoms with Gasteiger partial charge in [-0.1, -0.05) is 29.3 Å². The molecule has 0 saturated carbocycles. The lowest BCUT2D eigenvalue weighted by Gasteiger charge is -2.17. The standard InChI is InChI=1S/C13H14Cl2N4/c1-7-5-12(19-13(16)17-7)18-8(2)10-4-3-9(14)6-11(10)15/h3-6,8H,1-2H3,(H3,16,17,18,19). The summed E-state index contributed by atoms with van der Waals surface area (Å²) in [5, 5.41) is 4.47. The van der Waals surface area contributed by atoms with Crippen LogP contribution in [0.2, 0.25) is 10.0 Å². The summed E-state index contributed by atoms with van der Waals surface area (Å²) in [6.45, 7) is 3.85. The van der Waals surface area contributed by atoms with E-state index >= 15 is 0 Å². The van der Waals surface area contributed by atoms with E-state index in [1.54, 1.807) is 12.1 Å². The van der Waals surface area contributed by atoms with Crippen molar-refractivity contribution in [3.05, 3.63) is 45.6 Å². The Morgan fingerprint density at radius 3 is 2.58 bits per heavy atom. The Kier molecular flexibility index (Phi) is 4.12. The fourth-order valence-electron chi connectivity index (χ4n) is 1.82. The van der Waals surface area contributed by atoms with Crippen LogP contribution in [0.1, 0.15) is 24.2 Å². The zero-order valence-corrected chi connectivity index (χ0v) is 12.1. The molecule has 1 atom stereocenters. The molecular weight excluding hydrogens is 283 g/mol. The summed E-state index contributed by atoms with van der Waals surface area (Å²) in [4.78, 5) is 8.16. The monoisotopic (exact) mass is 296 g/mol. The molecule has 1 aromatic carbocycles. The molecule has 0 amide bonds. The Labute approximate surface area is 122 Å². The van der Waals surface area contributed by atoms with Gasteiger partial charge in [0, 0.05) is 21.8 Å². The SMILES string of the molecule is Cc1cc(NC(C)c2ccc(Cl)cc2Cl)nc(N)n1. The van der Waals surface area contributed by atoms with Crippen LogP contribution in [0.15, 0.2) is 24.3 Å². The van der Waals surface area contributed by atoms with Crippen LogP contribution in [0, 0.1) is 6.92 Å². The van der Waals surface area contributed by atoms with Crippen molar-refractivity contribution in [1.82, 2.24) is 9.97 Å². The van der Waals surface area contributed by atoms with Gasteiger partial charge in [0.05, 0.1) is 6.04 Å². The Balaban J connectivity index is 2.22. The molecule has 2 aromatic rings. The van der Waals surface area contributed by atoms with E-state index in [1.165, 1.54) is 0 Å². The first-order chi connectivity index (χ1) is 8.95. The Bertz CT molecular complexity index is 581. The molecule has 0 fully saturated rings. The van der Waals surface area contributed by atoms with Crippen LogP contribution in [0.5, 0.6) is 0 Å². The quantitative estimate of drug-likeness (QED) is 0.903. The van der Waals surface area contributed by atoms with E-state index in [-0.39, 0.29) is 12.0 Å². The van der Waals surface area contributed by atoms with E-state index in [9.17, 15) is 0 Å². The van der Waals surface area contributed by atoms with Crippen molar-refractivity contribution < 1.29 is 0 Å². The Morgan fingerprint density at radius 1 is 1.21 bits per heavy atom. The smallest absolute Gasteiger partial charge is 0.222 e. The van der Waals surface area contributed by atoms with E-state index in [0.29, 0.717) is 15.9 Å². The van der Waals surface area contributed by atoms with Crippen molar-refractivity contribution in [2.24, 2.45) is 0 Å². The van der Waals surface area contributed by atoms with Crippen molar-refractivity contribution >= 4 is 35.0 Å². The summed E-state index contributed by atoms with van der Waals surface area (Å²) in [5.41, 5.74) is 7.37. The van der Waals surface area contributed by atoms with E-state index < -0.39 is 0 Å². The molecule has 2 rings (SSSR count). The van der Waals surface area contributed by atoms with Gasteiger partial charge in [0.15, 0.2) is 0 Å². The molecule has 0 saturated heterocycles. The number of aryl methyl sites for hydroxylation is 1. The van der Waals surface area contributed by atoms with Crippen molar-refractivity contribution in [3.8, 4) is 0 Å². The predicted octanol–water partition coefficient (Wildman–Crippen LogP) is 3.85. The number of nitrogens with zero attached hydrogens (tertiary/aromatic N) is 2. The van der Waals surface area contributed by atoms with Gasteiger partial charge >= 0.3 is 0 Å². The van der Waals surface area contributed by atoms with Crippen LogP contribution in [0.3, 0.4) is 0 Å². The summed E-state index contributed by atoms with van der Waals surface area (Å²) < 4.78 is 0. The average molecular weight is 297 g/mol. The van der Waals surface area contributed by atoms with Gasteiger partial charge in [-0.25, -0.2) is 4.98 Å². The van der Waals surface area contributed by atoms with Gasteiger partial charge < -0.3 is 11.1 Å². The molecule has 0 aliphatic rings. The number of anilines is 2. The zero-order chi connectivity index (χ0) is 14.0. The minimum Gasteiger partial charge on any atom is -0.368 e. The van der Waals surface area contributed by atoms with Crippen LogP contribution in [-0.2, 0) is 0 Å². The summed E-state index contributed by atoms with van der Waals surface area (Å²) in [6, 6.07) is 7.23. The molecule has 4 nitrogen and oxygen atoms in total. The second kappa shape index (κ2) is 5.63. The number of hydrogen-bond donors (Lipinski definition) is 2. The fourth-order valence-corrected chi connectivity index (χ4v) is 2.39. The number of nitrogens with two attached hydrogens (primary N) is 1. The van der Waals surface area contributed by atoms with E-state index in [0.717, 1.165) is 11.3 Å². The molecule has 0 aliphatic carbocycles. The van der Waals surface area contributed by atoms with Crippen molar-refractivity contribution in [2.75, 3.05) is 11.1 Å². The summed E-state index contributed by atoms with van der Waals surface area (Å²) >= 11 is 12.1. The highest BCUT2D eigenvalue weighted by molar-refractivity contribution is 6.35. The van der Waals surface area contributed by atoms with Crippen molar-refractivity contribution in [2.45, 2.75) is 19.9 Å².